The number of aromatic nitrogens is 3. The third kappa shape index (κ3) is 6.81. The number of nitrogens with zero attached hydrogens (tertiary/aromatic N) is 5. The minimum absolute atomic E-state index is 0.149. The zero-order valence-corrected chi connectivity index (χ0v) is 25.4. The molecule has 10 heteroatoms. The van der Waals surface area contributed by atoms with E-state index >= 15 is 0 Å². The third-order valence-corrected chi connectivity index (χ3v) is 8.01. The molecule has 3 heterocycles. The fraction of sp³-hybridized carbons (Fsp3) is 0.364. The number of ether oxygens (including phenoxy) is 1. The van der Waals surface area contributed by atoms with Crippen LogP contribution in [0.1, 0.15) is 35.3 Å². The van der Waals surface area contributed by atoms with Crippen molar-refractivity contribution in [2.45, 2.75) is 26.7 Å². The highest BCUT2D eigenvalue weighted by atomic mass is 16.5. The summed E-state index contributed by atoms with van der Waals surface area (Å²) in [5.74, 6) is 0.975. The Balaban J connectivity index is 1.32. The molecule has 1 amide bonds. The summed E-state index contributed by atoms with van der Waals surface area (Å²) in [5.41, 5.74) is 7.06. The van der Waals surface area contributed by atoms with Crippen molar-refractivity contribution in [3.8, 4) is 17.1 Å². The number of hydrogen-bond donors (Lipinski definition) is 3. The smallest absolute Gasteiger partial charge is 0.257 e. The maximum Gasteiger partial charge on any atom is 0.257 e. The number of carbonyl (C=O) groups is 1. The summed E-state index contributed by atoms with van der Waals surface area (Å²) in [7, 11) is 3.56. The van der Waals surface area contributed by atoms with Gasteiger partial charge in [-0.05, 0) is 48.2 Å². The number of aliphatic hydroxyl groups is 1. The summed E-state index contributed by atoms with van der Waals surface area (Å²) >= 11 is 0. The topological polar surface area (TPSA) is 108 Å². The number of piperazine rings is 1. The highest BCUT2D eigenvalue weighted by Crippen LogP contribution is 2.32. The molecule has 1 saturated heterocycles. The molecule has 0 unspecified atom stereocenters. The van der Waals surface area contributed by atoms with E-state index in [1.54, 1.807) is 13.3 Å². The zero-order chi connectivity index (χ0) is 30.3. The molecule has 0 saturated carbocycles. The molecular formula is C33H41N7O3. The van der Waals surface area contributed by atoms with Crippen molar-refractivity contribution in [3.63, 3.8) is 0 Å². The third-order valence-electron chi connectivity index (χ3n) is 8.01. The molecule has 0 bridgehead atoms. The number of rotatable bonds is 11. The Morgan fingerprint density at radius 1 is 1.02 bits per heavy atom. The number of amides is 1. The van der Waals surface area contributed by atoms with Gasteiger partial charge in [-0.1, -0.05) is 32.0 Å². The van der Waals surface area contributed by atoms with Crippen molar-refractivity contribution in [3.05, 3.63) is 77.6 Å². The van der Waals surface area contributed by atoms with E-state index in [1.165, 1.54) is 0 Å². The van der Waals surface area contributed by atoms with Crippen molar-refractivity contribution in [2.24, 2.45) is 7.05 Å². The first-order chi connectivity index (χ1) is 20.9. The van der Waals surface area contributed by atoms with Crippen LogP contribution < -0.4 is 20.3 Å². The molecule has 226 valence electrons. The van der Waals surface area contributed by atoms with Gasteiger partial charge in [0.05, 0.1) is 36.4 Å². The maximum atomic E-state index is 13.3. The number of aliphatic hydroxyl groups excluding tert-OH is 1. The monoisotopic (exact) mass is 583 g/mol. The van der Waals surface area contributed by atoms with Crippen LogP contribution in [-0.2, 0) is 19.9 Å². The van der Waals surface area contributed by atoms with E-state index in [4.69, 9.17) is 9.72 Å². The number of anilines is 4. The number of β-amino-alcohol motifs (C(OH)–C–C–N with tert-alkyl or cyclic N) is 1. The Hall–Kier alpha value is -4.41. The lowest BCUT2D eigenvalue weighted by Crippen LogP contribution is -2.47. The number of para-hydroxylation sites is 1. The minimum atomic E-state index is -0.149. The Morgan fingerprint density at radius 2 is 1.77 bits per heavy atom. The van der Waals surface area contributed by atoms with Crippen LogP contribution >= 0.6 is 0 Å². The van der Waals surface area contributed by atoms with Gasteiger partial charge in [0.15, 0.2) is 0 Å². The van der Waals surface area contributed by atoms with Crippen LogP contribution in [-0.4, -0.2) is 76.9 Å². The lowest BCUT2D eigenvalue weighted by atomic mass is 10.0. The van der Waals surface area contributed by atoms with Crippen molar-refractivity contribution in [1.29, 1.82) is 0 Å². The Kier molecular flexibility index (Phi) is 9.58. The molecule has 1 aliphatic rings. The van der Waals surface area contributed by atoms with E-state index in [1.807, 2.05) is 48.1 Å². The van der Waals surface area contributed by atoms with E-state index in [0.29, 0.717) is 29.5 Å². The van der Waals surface area contributed by atoms with Gasteiger partial charge in [0.25, 0.3) is 5.91 Å². The summed E-state index contributed by atoms with van der Waals surface area (Å²) in [5, 5.41) is 15.7. The Morgan fingerprint density at radius 3 is 2.44 bits per heavy atom. The number of carbonyl (C=O) groups excluding carboxylic acids is 1. The largest absolute Gasteiger partial charge is 0.494 e. The van der Waals surface area contributed by atoms with Crippen LogP contribution in [0.15, 0.2) is 60.9 Å². The molecule has 0 spiro atoms. The van der Waals surface area contributed by atoms with E-state index in [2.05, 4.69) is 57.5 Å². The first-order valence-electron chi connectivity index (χ1n) is 14.9. The highest BCUT2D eigenvalue weighted by molar-refractivity contribution is 6.05. The SMILES string of the molecule is CCc1cccc(CC)c1NC(=O)c1cc(-c2ccnc(Nc3ccc(N4CCN(CCO)CC4)cc3OC)n2)n(C)c1. The average molecular weight is 584 g/mol. The summed E-state index contributed by atoms with van der Waals surface area (Å²) < 4.78 is 7.62. The van der Waals surface area contributed by atoms with Crippen molar-refractivity contribution >= 4 is 28.9 Å². The van der Waals surface area contributed by atoms with Gasteiger partial charge < -0.3 is 29.9 Å². The maximum absolute atomic E-state index is 13.3. The molecule has 5 rings (SSSR count). The van der Waals surface area contributed by atoms with Crippen LogP contribution in [0.3, 0.4) is 0 Å². The normalized spacial score (nSPS) is 13.7. The number of benzene rings is 2. The Labute approximate surface area is 253 Å². The molecule has 0 radical (unpaired) electrons. The number of nitrogens with one attached hydrogen (secondary N) is 2. The van der Waals surface area contributed by atoms with Gasteiger partial charge >= 0.3 is 0 Å². The average Bonchev–Trinajstić information content (AvgIpc) is 3.43. The number of hydrogen-bond acceptors (Lipinski definition) is 8. The predicted octanol–water partition coefficient (Wildman–Crippen LogP) is 4.73. The molecule has 1 fully saturated rings. The molecule has 10 nitrogen and oxygen atoms in total. The number of methoxy groups -OCH3 is 1. The summed E-state index contributed by atoms with van der Waals surface area (Å²) in [6.07, 6.45) is 5.22. The van der Waals surface area contributed by atoms with Gasteiger partial charge in [0.2, 0.25) is 5.95 Å². The Bertz CT molecular complexity index is 1540. The molecule has 0 aliphatic carbocycles. The van der Waals surface area contributed by atoms with Gasteiger partial charge in [0.1, 0.15) is 5.75 Å². The standard InChI is InChI=1S/C33H41N7O3/c1-5-23-8-7-9-24(6-2)31(23)37-32(42)25-20-29(38(3)22-25)27-12-13-34-33(35-27)36-28-11-10-26(21-30(28)43-4)40-16-14-39(15-17-40)18-19-41/h7-13,20-22,41H,5-6,14-19H2,1-4H3,(H,37,42)(H,34,35,36). The first kappa shape index (κ1) is 30.1. The van der Waals surface area contributed by atoms with Gasteiger partial charge in [-0.25, -0.2) is 9.97 Å². The van der Waals surface area contributed by atoms with Gasteiger partial charge in [-0.15, -0.1) is 0 Å². The molecule has 2 aromatic carbocycles. The molecule has 3 N–H and O–H groups in total. The number of aryl methyl sites for hydroxylation is 3. The predicted molar refractivity (Wildman–Crippen MR) is 172 cm³/mol. The van der Waals surface area contributed by atoms with Crippen LogP contribution in [0.2, 0.25) is 0 Å². The summed E-state index contributed by atoms with van der Waals surface area (Å²) in [6, 6.07) is 15.9. The molecule has 43 heavy (non-hydrogen) atoms. The fourth-order valence-corrected chi connectivity index (χ4v) is 5.57. The van der Waals surface area contributed by atoms with Crippen molar-refractivity contribution < 1.29 is 14.6 Å². The second-order valence-electron chi connectivity index (χ2n) is 10.7. The van der Waals surface area contributed by atoms with Crippen LogP contribution in [0.25, 0.3) is 11.4 Å². The fourth-order valence-electron chi connectivity index (χ4n) is 5.57. The summed E-state index contributed by atoms with van der Waals surface area (Å²) in [4.78, 5) is 27.1. The van der Waals surface area contributed by atoms with E-state index in [0.717, 1.165) is 72.9 Å². The minimum Gasteiger partial charge on any atom is -0.494 e. The van der Waals surface area contributed by atoms with E-state index in [-0.39, 0.29) is 12.5 Å². The lowest BCUT2D eigenvalue weighted by molar-refractivity contribution is 0.102. The summed E-state index contributed by atoms with van der Waals surface area (Å²) in [6.45, 7) is 8.70. The molecule has 2 aromatic heterocycles. The van der Waals surface area contributed by atoms with Gasteiger partial charge in [-0.2, -0.15) is 0 Å². The van der Waals surface area contributed by atoms with Crippen LogP contribution in [0.4, 0.5) is 23.0 Å². The lowest BCUT2D eigenvalue weighted by Gasteiger charge is -2.36. The second-order valence-corrected chi connectivity index (χ2v) is 10.7. The quantitative estimate of drug-likeness (QED) is 0.233. The van der Waals surface area contributed by atoms with E-state index in [9.17, 15) is 9.90 Å². The second kappa shape index (κ2) is 13.7. The van der Waals surface area contributed by atoms with Crippen molar-refractivity contribution in [1.82, 2.24) is 19.4 Å². The molecule has 1 aliphatic heterocycles. The highest BCUT2D eigenvalue weighted by Gasteiger charge is 2.19. The molecule has 4 aromatic rings. The van der Waals surface area contributed by atoms with Crippen LogP contribution in [0, 0.1) is 0 Å². The zero-order valence-electron chi connectivity index (χ0n) is 25.4. The van der Waals surface area contributed by atoms with Crippen LogP contribution in [0.5, 0.6) is 5.75 Å². The molecule has 0 atom stereocenters. The van der Waals surface area contributed by atoms with Crippen molar-refractivity contribution in [2.75, 3.05) is 62.0 Å². The first-order valence-corrected chi connectivity index (χ1v) is 14.9. The van der Waals surface area contributed by atoms with E-state index < -0.39 is 0 Å². The molecular weight excluding hydrogens is 542 g/mol. The van der Waals surface area contributed by atoms with Gasteiger partial charge in [-0.3, -0.25) is 9.69 Å². The van der Waals surface area contributed by atoms with Gasteiger partial charge in [0, 0.05) is 69.6 Å².